The van der Waals surface area contributed by atoms with Crippen molar-refractivity contribution in [1.82, 2.24) is 5.32 Å². The van der Waals surface area contributed by atoms with E-state index in [0.717, 1.165) is 31.6 Å². The number of carbonyl (C=O) groups is 1. The van der Waals surface area contributed by atoms with Gasteiger partial charge >= 0.3 is 0 Å². The van der Waals surface area contributed by atoms with E-state index in [0.29, 0.717) is 5.92 Å². The van der Waals surface area contributed by atoms with Crippen molar-refractivity contribution in [2.75, 3.05) is 11.9 Å². The first-order valence-electron chi connectivity index (χ1n) is 6.39. The summed E-state index contributed by atoms with van der Waals surface area (Å²) in [5.74, 6) is 0.572. The van der Waals surface area contributed by atoms with Crippen LogP contribution in [0.2, 0.25) is 0 Å². The molecule has 1 aromatic rings. The van der Waals surface area contributed by atoms with E-state index in [1.165, 1.54) is 12.5 Å². The number of anilines is 1. The fourth-order valence-electron chi connectivity index (χ4n) is 2.20. The Hall–Kier alpha value is -1.39. The van der Waals surface area contributed by atoms with E-state index < -0.39 is 0 Å². The van der Waals surface area contributed by atoms with Gasteiger partial charge < -0.3 is 15.7 Å². The number of nitrogens with one attached hydrogen (secondary N) is 2. The van der Waals surface area contributed by atoms with E-state index in [1.54, 1.807) is 0 Å². The summed E-state index contributed by atoms with van der Waals surface area (Å²) in [6.45, 7) is 3.29. The van der Waals surface area contributed by atoms with Crippen molar-refractivity contribution in [1.29, 1.82) is 0 Å². The average Bonchev–Trinajstić information content (AvgIpc) is 2.28. The van der Waals surface area contributed by atoms with Crippen molar-refractivity contribution < 1.29 is 9.90 Å². The highest BCUT2D eigenvalue weighted by Gasteiger charge is 2.26. The molecule has 4 nitrogen and oxygen atoms in total. The third-order valence-electron chi connectivity index (χ3n) is 3.25. The van der Waals surface area contributed by atoms with Crippen LogP contribution in [-0.2, 0) is 11.3 Å². The molecule has 4 heteroatoms. The molecular formula is C14H20N2O2. The van der Waals surface area contributed by atoms with Crippen LogP contribution in [0, 0.1) is 5.92 Å². The van der Waals surface area contributed by atoms with Gasteiger partial charge in [0.2, 0.25) is 5.91 Å². The Balaban J connectivity index is 1.71. The molecule has 0 saturated heterocycles. The Morgan fingerprint density at radius 3 is 2.56 bits per heavy atom. The quantitative estimate of drug-likeness (QED) is 0.740. The van der Waals surface area contributed by atoms with Gasteiger partial charge in [-0.2, -0.15) is 0 Å². The average molecular weight is 248 g/mol. The smallest absolute Gasteiger partial charge is 0.221 e. The summed E-state index contributed by atoms with van der Waals surface area (Å²) in [7, 11) is 0. The molecule has 1 amide bonds. The van der Waals surface area contributed by atoms with Gasteiger partial charge in [0, 0.05) is 19.2 Å². The van der Waals surface area contributed by atoms with Crippen molar-refractivity contribution in [2.45, 2.75) is 32.4 Å². The van der Waals surface area contributed by atoms with Crippen molar-refractivity contribution in [3.05, 3.63) is 29.8 Å². The molecule has 0 spiro atoms. The lowest BCUT2D eigenvalue weighted by molar-refractivity contribution is -0.114. The van der Waals surface area contributed by atoms with Crippen LogP contribution < -0.4 is 10.6 Å². The molecule has 2 rings (SSSR count). The predicted molar refractivity (Wildman–Crippen MR) is 71.2 cm³/mol. The number of hydrogen-bond acceptors (Lipinski definition) is 3. The molecule has 0 unspecified atom stereocenters. The first-order valence-corrected chi connectivity index (χ1v) is 6.39. The molecule has 1 aliphatic rings. The maximum absolute atomic E-state index is 10.9. The van der Waals surface area contributed by atoms with E-state index in [4.69, 9.17) is 0 Å². The van der Waals surface area contributed by atoms with Crippen LogP contribution in [0.15, 0.2) is 24.3 Å². The van der Waals surface area contributed by atoms with E-state index >= 15 is 0 Å². The highest BCUT2D eigenvalue weighted by Crippen LogP contribution is 2.26. The molecule has 0 aliphatic heterocycles. The summed E-state index contributed by atoms with van der Waals surface area (Å²) in [5, 5.41) is 15.3. The molecule has 0 aromatic heterocycles. The summed E-state index contributed by atoms with van der Waals surface area (Å²) >= 11 is 0. The van der Waals surface area contributed by atoms with E-state index in [2.05, 4.69) is 10.6 Å². The van der Waals surface area contributed by atoms with Crippen molar-refractivity contribution in [3.63, 3.8) is 0 Å². The summed E-state index contributed by atoms with van der Waals surface area (Å²) in [4.78, 5) is 10.9. The maximum atomic E-state index is 10.9. The number of amides is 1. The van der Waals surface area contributed by atoms with Gasteiger partial charge in [-0.05, 0) is 43.0 Å². The standard InChI is InChI=1S/C14H20N2O2/c1-10(17)16-13-4-2-11(3-5-13)8-15-9-12-6-14(18)7-12/h2-5,12,14-15,18H,6-9H2,1H3,(H,16,17). The SMILES string of the molecule is CC(=O)Nc1ccc(CNCC2CC(O)C2)cc1. The number of rotatable bonds is 5. The minimum Gasteiger partial charge on any atom is -0.393 e. The van der Waals surface area contributed by atoms with Gasteiger partial charge in [0.1, 0.15) is 0 Å². The summed E-state index contributed by atoms with van der Waals surface area (Å²) in [6.07, 6.45) is 1.77. The monoisotopic (exact) mass is 248 g/mol. The van der Waals surface area contributed by atoms with Crippen LogP contribution >= 0.6 is 0 Å². The largest absolute Gasteiger partial charge is 0.393 e. The van der Waals surface area contributed by atoms with Crippen LogP contribution in [0.1, 0.15) is 25.3 Å². The molecule has 1 fully saturated rings. The van der Waals surface area contributed by atoms with Crippen LogP contribution in [-0.4, -0.2) is 23.7 Å². The number of carbonyl (C=O) groups excluding carboxylic acids is 1. The Bertz CT molecular complexity index is 397. The van der Waals surface area contributed by atoms with Gasteiger partial charge in [0.25, 0.3) is 0 Å². The van der Waals surface area contributed by atoms with E-state index in [9.17, 15) is 9.90 Å². The van der Waals surface area contributed by atoms with Crippen molar-refractivity contribution >= 4 is 11.6 Å². The van der Waals surface area contributed by atoms with Gasteiger partial charge in [0.15, 0.2) is 0 Å². The lowest BCUT2D eigenvalue weighted by Gasteiger charge is -2.31. The Kier molecular flexibility index (Phi) is 4.33. The van der Waals surface area contributed by atoms with Crippen molar-refractivity contribution in [3.8, 4) is 0 Å². The van der Waals surface area contributed by atoms with Gasteiger partial charge in [-0.25, -0.2) is 0 Å². The van der Waals surface area contributed by atoms with Gasteiger partial charge in [-0.1, -0.05) is 12.1 Å². The molecule has 1 aromatic carbocycles. The topological polar surface area (TPSA) is 61.4 Å². The molecule has 0 bridgehead atoms. The third-order valence-corrected chi connectivity index (χ3v) is 3.25. The molecular weight excluding hydrogens is 228 g/mol. The zero-order valence-electron chi connectivity index (χ0n) is 10.6. The zero-order chi connectivity index (χ0) is 13.0. The Morgan fingerprint density at radius 1 is 1.33 bits per heavy atom. The number of hydrogen-bond donors (Lipinski definition) is 3. The fourth-order valence-corrected chi connectivity index (χ4v) is 2.20. The molecule has 0 radical (unpaired) electrons. The number of aliphatic hydroxyl groups is 1. The summed E-state index contributed by atoms with van der Waals surface area (Å²) in [5.41, 5.74) is 2.03. The molecule has 0 atom stereocenters. The number of aliphatic hydroxyl groups excluding tert-OH is 1. The molecule has 1 aliphatic carbocycles. The highest BCUT2D eigenvalue weighted by atomic mass is 16.3. The molecule has 1 saturated carbocycles. The first kappa shape index (κ1) is 13.1. The summed E-state index contributed by atoms with van der Waals surface area (Å²) in [6, 6.07) is 7.83. The fraction of sp³-hybridized carbons (Fsp3) is 0.500. The van der Waals surface area contributed by atoms with Gasteiger partial charge in [-0.15, -0.1) is 0 Å². The lowest BCUT2D eigenvalue weighted by Crippen LogP contribution is -2.35. The molecule has 3 N–H and O–H groups in total. The lowest BCUT2D eigenvalue weighted by atomic mass is 9.82. The molecule has 98 valence electrons. The highest BCUT2D eigenvalue weighted by molar-refractivity contribution is 5.88. The second-order valence-electron chi connectivity index (χ2n) is 5.00. The minimum atomic E-state index is -0.0752. The molecule has 18 heavy (non-hydrogen) atoms. The van der Waals surface area contributed by atoms with Crippen LogP contribution in [0.4, 0.5) is 5.69 Å². The Morgan fingerprint density at radius 2 is 2.00 bits per heavy atom. The van der Waals surface area contributed by atoms with Crippen LogP contribution in [0.5, 0.6) is 0 Å². The first-order chi connectivity index (χ1) is 8.63. The maximum Gasteiger partial charge on any atom is 0.221 e. The zero-order valence-corrected chi connectivity index (χ0v) is 10.6. The minimum absolute atomic E-state index is 0.0515. The normalized spacial score (nSPS) is 22.3. The van der Waals surface area contributed by atoms with Gasteiger partial charge in [0.05, 0.1) is 6.10 Å². The Labute approximate surface area is 107 Å². The third kappa shape index (κ3) is 3.82. The second kappa shape index (κ2) is 5.98. The van der Waals surface area contributed by atoms with E-state index in [1.807, 2.05) is 24.3 Å². The second-order valence-corrected chi connectivity index (χ2v) is 5.00. The van der Waals surface area contributed by atoms with Crippen LogP contribution in [0.3, 0.4) is 0 Å². The van der Waals surface area contributed by atoms with E-state index in [-0.39, 0.29) is 12.0 Å². The molecule has 0 heterocycles. The van der Waals surface area contributed by atoms with Crippen LogP contribution in [0.25, 0.3) is 0 Å². The predicted octanol–water partition coefficient (Wildman–Crippen LogP) is 1.51. The van der Waals surface area contributed by atoms with Gasteiger partial charge in [-0.3, -0.25) is 4.79 Å². The number of benzene rings is 1. The summed E-state index contributed by atoms with van der Waals surface area (Å²) < 4.78 is 0. The van der Waals surface area contributed by atoms with Crippen molar-refractivity contribution in [2.24, 2.45) is 5.92 Å².